The van der Waals surface area contributed by atoms with Gasteiger partial charge in [0.15, 0.2) is 22.5 Å². The summed E-state index contributed by atoms with van der Waals surface area (Å²) >= 11 is 1.15. The van der Waals surface area contributed by atoms with Crippen LogP contribution in [0.25, 0.3) is 6.08 Å². The molecule has 2 aromatic carbocycles. The van der Waals surface area contributed by atoms with Crippen LogP contribution in [0.1, 0.15) is 5.56 Å². The summed E-state index contributed by atoms with van der Waals surface area (Å²) in [6.07, 6.45) is 1.45. The number of nitrogens with one attached hydrogen (secondary N) is 1. The minimum absolute atomic E-state index is 0.0311. The molecule has 2 aliphatic heterocycles. The lowest BCUT2D eigenvalue weighted by molar-refractivity contribution is -0.114. The van der Waals surface area contributed by atoms with Crippen LogP contribution in [0.5, 0.6) is 17.2 Å². The first-order chi connectivity index (χ1) is 15.3. The van der Waals surface area contributed by atoms with Crippen LogP contribution >= 0.6 is 11.8 Å². The fourth-order valence-electron chi connectivity index (χ4n) is 2.85. The number of ether oxygens (including phenoxy) is 2. The molecule has 0 bridgehead atoms. The highest BCUT2D eigenvalue weighted by Crippen LogP contribution is 2.32. The van der Waals surface area contributed by atoms with E-state index in [0.29, 0.717) is 16.5 Å². The molecule has 0 radical (unpaired) electrons. The lowest BCUT2D eigenvalue weighted by Gasteiger charge is -2.20. The summed E-state index contributed by atoms with van der Waals surface area (Å²) < 4.78 is 40.8. The zero-order valence-electron chi connectivity index (χ0n) is 16.8. The average Bonchev–Trinajstić information content (AvgIpc) is 3.26. The second-order valence-corrected chi connectivity index (χ2v) is 8.74. The first-order valence-corrected chi connectivity index (χ1v) is 11.3. The van der Waals surface area contributed by atoms with Crippen LogP contribution in [0.4, 0.5) is 0 Å². The van der Waals surface area contributed by atoms with Gasteiger partial charge in [-0.05, 0) is 59.8 Å². The van der Waals surface area contributed by atoms with Crippen LogP contribution in [0.15, 0.2) is 63.0 Å². The number of amides is 1. The molecule has 0 saturated carbocycles. The zero-order chi connectivity index (χ0) is 22.9. The number of nitrogens with zero attached hydrogens (tertiary/aromatic N) is 3. The van der Waals surface area contributed by atoms with Crippen molar-refractivity contribution in [2.24, 2.45) is 10.1 Å². The van der Waals surface area contributed by atoms with Crippen molar-refractivity contribution < 1.29 is 26.9 Å². The predicted molar refractivity (Wildman–Crippen MR) is 120 cm³/mol. The topological polar surface area (TPSA) is 131 Å². The SMILES string of the molecule is COc1ccc(S(=O)(=O)Oc2ccc(/C=C3\C(=N)N4N=CSC4=NC3=O)cc2OC)cc1. The Bertz CT molecular complexity index is 1300. The highest BCUT2D eigenvalue weighted by Gasteiger charge is 2.32. The van der Waals surface area contributed by atoms with E-state index in [1.165, 1.54) is 73.3 Å². The van der Waals surface area contributed by atoms with E-state index >= 15 is 0 Å². The monoisotopic (exact) mass is 472 g/mol. The molecule has 0 fully saturated rings. The number of fused-ring (bicyclic) bond motifs is 1. The molecule has 4 rings (SSSR count). The zero-order valence-corrected chi connectivity index (χ0v) is 18.4. The minimum atomic E-state index is -4.12. The van der Waals surface area contributed by atoms with Crippen LogP contribution in [-0.2, 0) is 14.9 Å². The molecule has 2 aromatic rings. The summed E-state index contributed by atoms with van der Waals surface area (Å²) in [4.78, 5) is 16.2. The molecule has 32 heavy (non-hydrogen) atoms. The fourth-order valence-corrected chi connectivity index (χ4v) is 4.40. The Labute approximate surface area is 187 Å². The smallest absolute Gasteiger partial charge is 0.339 e. The number of aliphatic imine (C=N–C) groups is 1. The minimum Gasteiger partial charge on any atom is -0.497 e. The molecular formula is C20H16N4O6S2. The van der Waals surface area contributed by atoms with Gasteiger partial charge in [0.2, 0.25) is 0 Å². The predicted octanol–water partition coefficient (Wildman–Crippen LogP) is 2.72. The van der Waals surface area contributed by atoms with Gasteiger partial charge in [-0.2, -0.15) is 23.5 Å². The maximum atomic E-state index is 12.6. The van der Waals surface area contributed by atoms with Crippen molar-refractivity contribution in [3.05, 3.63) is 53.6 Å². The molecule has 0 aromatic heterocycles. The molecule has 0 atom stereocenters. The molecule has 0 aliphatic carbocycles. The number of thioether (sulfide) groups is 1. The van der Waals surface area contributed by atoms with Crippen LogP contribution in [0, 0.1) is 5.41 Å². The number of amidine groups is 2. The van der Waals surface area contributed by atoms with Crippen molar-refractivity contribution >= 4 is 50.4 Å². The summed E-state index contributed by atoms with van der Waals surface area (Å²) in [5.41, 5.74) is 2.01. The number of hydrazone groups is 1. The number of carbonyl (C=O) groups excluding carboxylic acids is 1. The fraction of sp³-hybridized carbons (Fsp3) is 0.100. The number of carbonyl (C=O) groups is 1. The van der Waals surface area contributed by atoms with E-state index in [1.807, 2.05) is 0 Å². The highest BCUT2D eigenvalue weighted by molar-refractivity contribution is 8.25. The summed E-state index contributed by atoms with van der Waals surface area (Å²) in [6.45, 7) is 0. The second kappa shape index (κ2) is 8.48. The second-order valence-electron chi connectivity index (χ2n) is 6.38. The van der Waals surface area contributed by atoms with Crippen LogP contribution < -0.4 is 13.7 Å². The summed E-state index contributed by atoms with van der Waals surface area (Å²) in [5, 5.41) is 13.8. The first-order valence-electron chi connectivity index (χ1n) is 9.02. The van der Waals surface area contributed by atoms with E-state index in [-0.39, 0.29) is 27.8 Å². The van der Waals surface area contributed by atoms with Crippen LogP contribution in [-0.4, -0.2) is 50.1 Å². The van der Waals surface area contributed by atoms with E-state index in [4.69, 9.17) is 19.1 Å². The molecule has 12 heteroatoms. The number of benzene rings is 2. The third kappa shape index (κ3) is 4.09. The molecule has 0 saturated heterocycles. The van der Waals surface area contributed by atoms with E-state index in [0.717, 1.165) is 11.8 Å². The third-order valence-corrected chi connectivity index (χ3v) is 6.37. The van der Waals surface area contributed by atoms with E-state index in [1.54, 1.807) is 0 Å². The van der Waals surface area contributed by atoms with Crippen molar-refractivity contribution in [2.45, 2.75) is 4.90 Å². The third-order valence-electron chi connectivity index (χ3n) is 4.44. The Morgan fingerprint density at radius 3 is 2.50 bits per heavy atom. The van der Waals surface area contributed by atoms with Crippen LogP contribution in [0.2, 0.25) is 0 Å². The van der Waals surface area contributed by atoms with Gasteiger partial charge in [-0.3, -0.25) is 10.2 Å². The molecule has 0 unspecified atom stereocenters. The maximum Gasteiger partial charge on any atom is 0.339 e. The number of rotatable bonds is 6. The number of hydrogen-bond donors (Lipinski definition) is 1. The van der Waals surface area contributed by atoms with Gasteiger partial charge in [0.25, 0.3) is 5.91 Å². The van der Waals surface area contributed by atoms with Gasteiger partial charge in [-0.15, -0.1) is 0 Å². The molecule has 164 valence electrons. The van der Waals surface area contributed by atoms with E-state index in [9.17, 15) is 13.2 Å². The van der Waals surface area contributed by atoms with Gasteiger partial charge in [0.1, 0.15) is 10.6 Å². The highest BCUT2D eigenvalue weighted by atomic mass is 32.2. The van der Waals surface area contributed by atoms with Gasteiger partial charge in [0.05, 0.1) is 25.3 Å². The molecule has 1 amide bonds. The van der Waals surface area contributed by atoms with Gasteiger partial charge >= 0.3 is 10.1 Å². The van der Waals surface area contributed by atoms with Crippen molar-refractivity contribution in [3.63, 3.8) is 0 Å². The van der Waals surface area contributed by atoms with Gasteiger partial charge in [-0.1, -0.05) is 6.07 Å². The maximum absolute atomic E-state index is 12.6. The molecule has 2 aliphatic rings. The number of hydrogen-bond acceptors (Lipinski definition) is 9. The normalized spacial score (nSPS) is 16.8. The standard InChI is InChI=1S/C20H16N4O6S2/c1-28-13-4-6-14(7-5-13)32(26,27)30-16-8-3-12(10-17(16)29-2)9-15-18(21)24-20(23-19(15)25)31-11-22-24/h3-11,21H,1-2H3/b15-9+,21-18?. The average molecular weight is 473 g/mol. The van der Waals surface area contributed by atoms with Crippen molar-refractivity contribution in [2.75, 3.05) is 14.2 Å². The largest absolute Gasteiger partial charge is 0.497 e. The first kappa shape index (κ1) is 21.6. The Balaban J connectivity index is 1.62. The summed E-state index contributed by atoms with van der Waals surface area (Å²) in [5.74, 6) is -0.0683. The summed E-state index contributed by atoms with van der Waals surface area (Å²) in [7, 11) is -1.28. The van der Waals surface area contributed by atoms with Crippen LogP contribution in [0.3, 0.4) is 0 Å². The number of methoxy groups -OCH3 is 2. The van der Waals surface area contributed by atoms with Crippen molar-refractivity contribution in [3.8, 4) is 17.2 Å². The molecule has 10 nitrogen and oxygen atoms in total. The van der Waals surface area contributed by atoms with Gasteiger partial charge in [-0.25, -0.2) is 0 Å². The summed E-state index contributed by atoms with van der Waals surface area (Å²) in [6, 6.07) is 10.2. The lowest BCUT2D eigenvalue weighted by Crippen LogP contribution is -2.35. The molecular weight excluding hydrogens is 456 g/mol. The molecule has 0 spiro atoms. The van der Waals surface area contributed by atoms with Gasteiger partial charge < -0.3 is 13.7 Å². The quantitative estimate of drug-likeness (QED) is 0.502. The Morgan fingerprint density at radius 1 is 1.06 bits per heavy atom. The van der Waals surface area contributed by atoms with E-state index in [2.05, 4.69) is 10.1 Å². The molecule has 1 N–H and O–H groups in total. The van der Waals surface area contributed by atoms with Gasteiger partial charge in [0, 0.05) is 0 Å². The molecule has 2 heterocycles. The van der Waals surface area contributed by atoms with Crippen molar-refractivity contribution in [1.82, 2.24) is 5.01 Å². The Morgan fingerprint density at radius 2 is 1.81 bits per heavy atom. The van der Waals surface area contributed by atoms with E-state index < -0.39 is 16.0 Å². The Hall–Kier alpha value is -3.64. The van der Waals surface area contributed by atoms with Crippen molar-refractivity contribution in [1.29, 1.82) is 5.41 Å². The Kier molecular flexibility index (Phi) is 5.72. The lowest BCUT2D eigenvalue weighted by atomic mass is 10.1.